The monoisotopic (exact) mass is 510 g/mol. The Hall–Kier alpha value is -1.25. The molecule has 2 N–H and O–H groups in total. The van der Waals surface area contributed by atoms with Gasteiger partial charge >= 0.3 is 5.97 Å². The highest BCUT2D eigenvalue weighted by Gasteiger charge is 2.40. The second-order valence-corrected chi connectivity index (χ2v) is 11.6. The molecule has 2 unspecified atom stereocenters. The Balaban J connectivity index is 1.64. The lowest BCUT2D eigenvalue weighted by Gasteiger charge is -2.46. The van der Waals surface area contributed by atoms with Crippen LogP contribution in [-0.4, -0.2) is 73.6 Å². The summed E-state index contributed by atoms with van der Waals surface area (Å²) >= 11 is 0. The van der Waals surface area contributed by atoms with Gasteiger partial charge in [-0.05, 0) is 82.5 Å². The fourth-order valence-electron chi connectivity index (χ4n) is 5.54. The van der Waals surface area contributed by atoms with Crippen LogP contribution in [0.2, 0.25) is 0 Å². The Morgan fingerprint density at radius 3 is 1.67 bits per heavy atom. The first-order valence-corrected chi connectivity index (χ1v) is 13.6. The van der Waals surface area contributed by atoms with Crippen LogP contribution < -0.4 is 0 Å². The van der Waals surface area contributed by atoms with Crippen LogP contribution in [-0.2, 0) is 23.7 Å². The van der Waals surface area contributed by atoms with E-state index in [0.29, 0.717) is 30.6 Å². The van der Waals surface area contributed by atoms with Gasteiger partial charge in [-0.2, -0.15) is 0 Å². The van der Waals surface area contributed by atoms with Crippen LogP contribution >= 0.6 is 0 Å². The molecule has 7 heteroatoms. The van der Waals surface area contributed by atoms with Crippen molar-refractivity contribution in [3.8, 4) is 0 Å². The number of aliphatic hydroxyl groups is 2. The molecule has 0 bridgehead atoms. The zero-order chi connectivity index (χ0) is 26.7. The lowest BCUT2D eigenvalue weighted by molar-refractivity contribution is -0.143. The van der Waals surface area contributed by atoms with Gasteiger partial charge in [0.25, 0.3) is 0 Å². The van der Waals surface area contributed by atoms with Crippen molar-refractivity contribution in [2.24, 2.45) is 17.3 Å². The lowest BCUT2D eigenvalue weighted by atomic mass is 9.60. The molecule has 0 heterocycles. The maximum absolute atomic E-state index is 11.4. The van der Waals surface area contributed by atoms with Crippen LogP contribution in [0.1, 0.15) is 79.1 Å². The van der Waals surface area contributed by atoms with E-state index in [2.05, 4.69) is 27.0 Å². The van der Waals surface area contributed by atoms with Crippen LogP contribution in [0.3, 0.4) is 0 Å². The van der Waals surface area contributed by atoms with Gasteiger partial charge in [0.1, 0.15) is 18.8 Å². The van der Waals surface area contributed by atoms with Crippen molar-refractivity contribution in [1.82, 2.24) is 0 Å². The van der Waals surface area contributed by atoms with Crippen LogP contribution in [0, 0.1) is 17.3 Å². The summed E-state index contributed by atoms with van der Waals surface area (Å²) < 4.78 is 22.3. The lowest BCUT2D eigenvalue weighted by Crippen LogP contribution is -2.39. The third kappa shape index (κ3) is 10.6. The summed E-state index contributed by atoms with van der Waals surface area (Å²) in [5.41, 5.74) is 1.54. The summed E-state index contributed by atoms with van der Waals surface area (Å²) in [6.07, 6.45) is 7.61. The van der Waals surface area contributed by atoms with Crippen LogP contribution in [0.15, 0.2) is 24.3 Å². The van der Waals surface area contributed by atoms with E-state index < -0.39 is 18.2 Å². The van der Waals surface area contributed by atoms with Gasteiger partial charge in [0.2, 0.25) is 0 Å². The summed E-state index contributed by atoms with van der Waals surface area (Å²) in [5.74, 6) is 0.848. The molecule has 2 fully saturated rings. The van der Waals surface area contributed by atoms with Crippen LogP contribution in [0.5, 0.6) is 0 Å². The first kappa shape index (κ1) is 31.0. The van der Waals surface area contributed by atoms with Crippen molar-refractivity contribution in [3.05, 3.63) is 24.3 Å². The number of esters is 1. The molecule has 0 aliphatic heterocycles. The predicted octanol–water partition coefficient (Wildman–Crippen LogP) is 4.60. The molecule has 0 spiro atoms. The van der Waals surface area contributed by atoms with E-state index in [9.17, 15) is 15.0 Å². The second kappa shape index (κ2) is 15.2. The van der Waals surface area contributed by atoms with Crippen LogP contribution in [0.25, 0.3) is 0 Å². The quantitative estimate of drug-likeness (QED) is 0.189. The minimum Gasteiger partial charge on any atom is -0.460 e. The fourth-order valence-corrected chi connectivity index (χ4v) is 5.54. The molecule has 0 amide bonds. The summed E-state index contributed by atoms with van der Waals surface area (Å²) in [7, 11) is 0. The largest absolute Gasteiger partial charge is 0.460 e. The number of hydrogen-bond acceptors (Lipinski definition) is 7. The van der Waals surface area contributed by atoms with Crippen molar-refractivity contribution < 1.29 is 34.0 Å². The normalized spacial score (nSPS) is 26.7. The minimum absolute atomic E-state index is 0.0673. The third-order valence-electron chi connectivity index (χ3n) is 7.92. The highest BCUT2D eigenvalue weighted by atomic mass is 16.6. The Morgan fingerprint density at radius 1 is 0.806 bits per heavy atom. The van der Waals surface area contributed by atoms with Crippen molar-refractivity contribution in [2.75, 3.05) is 33.0 Å². The molecule has 0 aromatic carbocycles. The molecule has 2 aliphatic carbocycles. The van der Waals surface area contributed by atoms with Gasteiger partial charge in [-0.1, -0.05) is 32.6 Å². The molecule has 36 heavy (non-hydrogen) atoms. The molecule has 2 aliphatic rings. The molecule has 0 aromatic heterocycles. The number of rotatable bonds is 15. The van der Waals surface area contributed by atoms with E-state index in [1.54, 1.807) is 6.92 Å². The molecule has 2 saturated carbocycles. The molecule has 2 atom stereocenters. The zero-order valence-corrected chi connectivity index (χ0v) is 23.0. The molecule has 0 saturated heterocycles. The average molecular weight is 511 g/mol. The molecule has 7 nitrogen and oxygen atoms in total. The third-order valence-corrected chi connectivity index (χ3v) is 7.92. The predicted molar refractivity (Wildman–Crippen MR) is 141 cm³/mol. The van der Waals surface area contributed by atoms with Crippen molar-refractivity contribution >= 4 is 5.97 Å². The van der Waals surface area contributed by atoms with E-state index in [-0.39, 0.29) is 37.4 Å². The number of aliphatic hydroxyl groups excluding tert-OH is 2. The average Bonchev–Trinajstić information content (AvgIpc) is 2.85. The molecule has 208 valence electrons. The molecule has 0 aromatic rings. The van der Waals surface area contributed by atoms with Crippen molar-refractivity contribution in [2.45, 2.75) is 103 Å². The Kier molecular flexibility index (Phi) is 13.1. The Morgan fingerprint density at radius 2 is 1.25 bits per heavy atom. The molecular formula is C29H50O7. The van der Waals surface area contributed by atoms with Crippen LogP contribution in [0.4, 0.5) is 0 Å². The zero-order valence-electron chi connectivity index (χ0n) is 23.0. The van der Waals surface area contributed by atoms with Gasteiger partial charge in [0, 0.05) is 5.57 Å². The summed E-state index contributed by atoms with van der Waals surface area (Å²) in [5, 5.41) is 20.1. The molecular weight excluding hydrogens is 460 g/mol. The molecule has 2 rings (SSSR count). The molecule has 0 radical (unpaired) electrons. The summed E-state index contributed by atoms with van der Waals surface area (Å²) in [4.78, 5) is 11.4. The smallest absolute Gasteiger partial charge is 0.333 e. The number of ether oxygens (including phenoxy) is 4. The maximum Gasteiger partial charge on any atom is 0.333 e. The highest BCUT2D eigenvalue weighted by molar-refractivity contribution is 5.86. The Bertz CT molecular complexity index is 688. The minimum atomic E-state index is -0.815. The van der Waals surface area contributed by atoms with Gasteiger partial charge < -0.3 is 29.2 Å². The van der Waals surface area contributed by atoms with Crippen molar-refractivity contribution in [3.63, 3.8) is 0 Å². The maximum atomic E-state index is 11.4. The van der Waals surface area contributed by atoms with Gasteiger partial charge in [-0.25, -0.2) is 4.79 Å². The van der Waals surface area contributed by atoms with E-state index in [4.69, 9.17) is 18.9 Å². The van der Waals surface area contributed by atoms with Gasteiger partial charge in [0.05, 0.1) is 38.6 Å². The summed E-state index contributed by atoms with van der Waals surface area (Å²) in [6.45, 7) is 16.9. The Labute approximate surface area is 218 Å². The van der Waals surface area contributed by atoms with Gasteiger partial charge in [-0.3, -0.25) is 0 Å². The van der Waals surface area contributed by atoms with E-state index in [1.165, 1.54) is 0 Å². The highest BCUT2D eigenvalue weighted by Crippen LogP contribution is 2.48. The first-order chi connectivity index (χ1) is 17.0. The number of hydrogen-bond donors (Lipinski definition) is 2. The summed E-state index contributed by atoms with van der Waals surface area (Å²) in [6, 6.07) is 0. The van der Waals surface area contributed by atoms with Gasteiger partial charge in [0.15, 0.2) is 0 Å². The second-order valence-electron chi connectivity index (χ2n) is 11.6. The van der Waals surface area contributed by atoms with E-state index >= 15 is 0 Å². The topological polar surface area (TPSA) is 94.5 Å². The number of carbonyl (C=O) groups excluding carboxylic acids is 1. The fraction of sp³-hybridized carbons (Fsp3) is 0.828. The first-order valence-electron chi connectivity index (χ1n) is 13.6. The van der Waals surface area contributed by atoms with Crippen molar-refractivity contribution in [1.29, 1.82) is 0 Å². The van der Waals surface area contributed by atoms with E-state index in [0.717, 1.165) is 56.9 Å². The SMILES string of the molecule is C=C(C)COCC(O)COC1CCC(C(C)(C)C2CCC(OCC(O)COC(=O)C(=C)C)CC2)CC1. The standard InChI is InChI=1S/C29H50O7/c1-20(2)15-33-16-24(30)17-34-26-11-7-22(8-12-26)29(5,6)23-9-13-27(14-10-23)35-18-25(31)19-36-28(32)21(3)4/h22-27,30-31H,1,3,7-19H2,2,4-6H3. The number of carbonyl (C=O) groups is 1. The van der Waals surface area contributed by atoms with E-state index in [1.807, 2.05) is 6.92 Å². The van der Waals surface area contributed by atoms with Gasteiger partial charge in [-0.15, -0.1) is 0 Å².